The van der Waals surface area contributed by atoms with Gasteiger partial charge in [0.25, 0.3) is 5.91 Å². The van der Waals surface area contributed by atoms with Crippen LogP contribution < -0.4 is 10.6 Å². The summed E-state index contributed by atoms with van der Waals surface area (Å²) in [5.74, 6) is -0.798. The smallest absolute Gasteiger partial charge is 0.254 e. The standard InChI is InChI=1S/C15H21FN2O/c1-10-6-7-13(16)12(9-10)15(19)18-11(2)14-5-3-4-8-17-14/h6-7,9,11,14,17H,3-5,8H2,1-2H3,(H,18,19). The predicted octanol–water partition coefficient (Wildman–Crippen LogP) is 2.39. The van der Waals surface area contributed by atoms with Gasteiger partial charge in [-0.25, -0.2) is 4.39 Å². The molecule has 1 aliphatic rings. The number of hydrogen-bond acceptors (Lipinski definition) is 2. The van der Waals surface area contributed by atoms with Crippen molar-refractivity contribution in [2.45, 2.75) is 45.2 Å². The molecule has 4 heteroatoms. The van der Waals surface area contributed by atoms with Crippen molar-refractivity contribution < 1.29 is 9.18 Å². The van der Waals surface area contributed by atoms with Crippen LogP contribution in [0.15, 0.2) is 18.2 Å². The zero-order chi connectivity index (χ0) is 13.8. The summed E-state index contributed by atoms with van der Waals surface area (Å²) in [5, 5.41) is 6.29. The summed E-state index contributed by atoms with van der Waals surface area (Å²) >= 11 is 0. The van der Waals surface area contributed by atoms with Crippen molar-refractivity contribution in [2.24, 2.45) is 0 Å². The molecule has 0 spiro atoms. The summed E-state index contributed by atoms with van der Waals surface area (Å²) in [6.07, 6.45) is 3.41. The molecule has 2 unspecified atom stereocenters. The first kappa shape index (κ1) is 14.0. The van der Waals surface area contributed by atoms with Crippen LogP contribution in [-0.4, -0.2) is 24.5 Å². The van der Waals surface area contributed by atoms with Gasteiger partial charge in [-0.2, -0.15) is 0 Å². The maximum Gasteiger partial charge on any atom is 0.254 e. The molecule has 0 saturated carbocycles. The molecule has 1 fully saturated rings. The average Bonchev–Trinajstić information content (AvgIpc) is 2.42. The van der Waals surface area contributed by atoms with Gasteiger partial charge in [0.2, 0.25) is 0 Å². The molecule has 1 saturated heterocycles. The van der Waals surface area contributed by atoms with E-state index in [0.717, 1.165) is 18.5 Å². The largest absolute Gasteiger partial charge is 0.348 e. The van der Waals surface area contributed by atoms with Crippen LogP contribution >= 0.6 is 0 Å². The Morgan fingerprint density at radius 3 is 2.95 bits per heavy atom. The maximum atomic E-state index is 13.6. The van der Waals surface area contributed by atoms with Crippen LogP contribution in [0.5, 0.6) is 0 Å². The Kier molecular flexibility index (Phi) is 4.53. The van der Waals surface area contributed by atoms with E-state index in [4.69, 9.17) is 0 Å². The number of halogens is 1. The Morgan fingerprint density at radius 1 is 1.47 bits per heavy atom. The molecule has 2 atom stereocenters. The number of rotatable bonds is 3. The van der Waals surface area contributed by atoms with Crippen LogP contribution in [-0.2, 0) is 0 Å². The van der Waals surface area contributed by atoms with E-state index in [0.29, 0.717) is 0 Å². The monoisotopic (exact) mass is 264 g/mol. The average molecular weight is 264 g/mol. The molecular weight excluding hydrogens is 243 g/mol. The highest BCUT2D eigenvalue weighted by Crippen LogP contribution is 2.13. The van der Waals surface area contributed by atoms with E-state index in [1.807, 2.05) is 13.8 Å². The molecular formula is C15H21FN2O. The fourth-order valence-corrected chi connectivity index (χ4v) is 2.50. The number of benzene rings is 1. The number of hydrogen-bond donors (Lipinski definition) is 2. The maximum absolute atomic E-state index is 13.6. The molecule has 0 aromatic heterocycles. The fraction of sp³-hybridized carbons (Fsp3) is 0.533. The van der Waals surface area contributed by atoms with Crippen LogP contribution in [0.2, 0.25) is 0 Å². The van der Waals surface area contributed by atoms with E-state index >= 15 is 0 Å². The van der Waals surface area contributed by atoms with Gasteiger partial charge in [-0.05, 0) is 45.4 Å². The third kappa shape index (κ3) is 3.53. The number of aryl methyl sites for hydroxylation is 1. The molecule has 2 N–H and O–H groups in total. The van der Waals surface area contributed by atoms with Gasteiger partial charge in [-0.1, -0.05) is 18.1 Å². The van der Waals surface area contributed by atoms with Crippen molar-refractivity contribution in [1.82, 2.24) is 10.6 Å². The second-order valence-electron chi connectivity index (χ2n) is 5.30. The summed E-state index contributed by atoms with van der Waals surface area (Å²) in [6, 6.07) is 4.89. The second-order valence-corrected chi connectivity index (χ2v) is 5.30. The minimum atomic E-state index is -0.466. The first-order chi connectivity index (χ1) is 9.08. The molecule has 1 aromatic carbocycles. The zero-order valence-electron chi connectivity index (χ0n) is 11.5. The first-order valence-corrected chi connectivity index (χ1v) is 6.88. The van der Waals surface area contributed by atoms with Gasteiger partial charge in [0.05, 0.1) is 5.56 Å². The molecule has 0 aliphatic carbocycles. The van der Waals surface area contributed by atoms with Crippen molar-refractivity contribution in [1.29, 1.82) is 0 Å². The molecule has 104 valence electrons. The highest BCUT2D eigenvalue weighted by molar-refractivity contribution is 5.94. The molecule has 2 rings (SSSR count). The number of amides is 1. The topological polar surface area (TPSA) is 41.1 Å². The van der Waals surface area contributed by atoms with Gasteiger partial charge in [-0.15, -0.1) is 0 Å². The van der Waals surface area contributed by atoms with Crippen molar-refractivity contribution >= 4 is 5.91 Å². The number of piperidine rings is 1. The Bertz CT molecular complexity index is 455. The van der Waals surface area contributed by atoms with Crippen molar-refractivity contribution in [3.63, 3.8) is 0 Å². The van der Waals surface area contributed by atoms with Crippen molar-refractivity contribution in [3.05, 3.63) is 35.1 Å². The molecule has 1 aliphatic heterocycles. The normalized spacial score (nSPS) is 20.9. The van der Waals surface area contributed by atoms with E-state index in [9.17, 15) is 9.18 Å². The van der Waals surface area contributed by atoms with Gasteiger partial charge in [0, 0.05) is 12.1 Å². The highest BCUT2D eigenvalue weighted by Gasteiger charge is 2.22. The molecule has 3 nitrogen and oxygen atoms in total. The first-order valence-electron chi connectivity index (χ1n) is 6.88. The Morgan fingerprint density at radius 2 is 2.26 bits per heavy atom. The van der Waals surface area contributed by atoms with Crippen LogP contribution in [0.4, 0.5) is 4.39 Å². The molecule has 19 heavy (non-hydrogen) atoms. The summed E-state index contributed by atoms with van der Waals surface area (Å²) in [4.78, 5) is 12.1. The van der Waals surface area contributed by atoms with E-state index in [1.165, 1.54) is 18.9 Å². The SMILES string of the molecule is Cc1ccc(F)c(C(=O)NC(C)C2CCCCN2)c1. The van der Waals surface area contributed by atoms with Crippen LogP contribution in [0, 0.1) is 12.7 Å². The molecule has 1 heterocycles. The summed E-state index contributed by atoms with van der Waals surface area (Å²) in [6.45, 7) is 4.81. The quantitative estimate of drug-likeness (QED) is 0.880. The lowest BCUT2D eigenvalue weighted by Crippen LogP contribution is -2.50. The van der Waals surface area contributed by atoms with Crippen LogP contribution in [0.1, 0.15) is 42.1 Å². The summed E-state index contributed by atoms with van der Waals surface area (Å²) in [5.41, 5.74) is 1.01. The number of carbonyl (C=O) groups is 1. The zero-order valence-corrected chi connectivity index (χ0v) is 11.5. The van der Waals surface area contributed by atoms with Crippen molar-refractivity contribution in [3.8, 4) is 0 Å². The lowest BCUT2D eigenvalue weighted by atomic mass is 9.98. The molecule has 1 aromatic rings. The summed E-state index contributed by atoms with van der Waals surface area (Å²) in [7, 11) is 0. The number of carbonyl (C=O) groups excluding carboxylic acids is 1. The van der Waals surface area contributed by atoms with Gasteiger partial charge >= 0.3 is 0 Å². The second kappa shape index (κ2) is 6.15. The van der Waals surface area contributed by atoms with Gasteiger partial charge in [0.1, 0.15) is 5.82 Å². The minimum Gasteiger partial charge on any atom is -0.348 e. The lowest BCUT2D eigenvalue weighted by molar-refractivity contribution is 0.0924. The predicted molar refractivity (Wildman–Crippen MR) is 73.7 cm³/mol. The van der Waals surface area contributed by atoms with Crippen molar-refractivity contribution in [2.75, 3.05) is 6.54 Å². The third-order valence-corrected chi connectivity index (χ3v) is 3.68. The summed E-state index contributed by atoms with van der Waals surface area (Å²) < 4.78 is 13.6. The molecule has 1 amide bonds. The fourth-order valence-electron chi connectivity index (χ4n) is 2.50. The Balaban J connectivity index is 2.01. The van der Waals surface area contributed by atoms with Gasteiger partial charge in [0.15, 0.2) is 0 Å². The van der Waals surface area contributed by atoms with E-state index < -0.39 is 5.82 Å². The van der Waals surface area contributed by atoms with Crippen LogP contribution in [0.3, 0.4) is 0 Å². The third-order valence-electron chi connectivity index (χ3n) is 3.68. The van der Waals surface area contributed by atoms with E-state index in [2.05, 4.69) is 10.6 Å². The minimum absolute atomic E-state index is 0.00714. The Hall–Kier alpha value is -1.42. The highest BCUT2D eigenvalue weighted by atomic mass is 19.1. The molecule has 0 bridgehead atoms. The van der Waals surface area contributed by atoms with Gasteiger partial charge < -0.3 is 10.6 Å². The van der Waals surface area contributed by atoms with E-state index in [1.54, 1.807) is 12.1 Å². The Labute approximate surface area is 113 Å². The van der Waals surface area contributed by atoms with E-state index in [-0.39, 0.29) is 23.6 Å². The molecule has 0 radical (unpaired) electrons. The number of nitrogens with one attached hydrogen (secondary N) is 2. The lowest BCUT2D eigenvalue weighted by Gasteiger charge is -2.29. The van der Waals surface area contributed by atoms with Crippen LogP contribution in [0.25, 0.3) is 0 Å². The van der Waals surface area contributed by atoms with Gasteiger partial charge in [-0.3, -0.25) is 4.79 Å².